The zero-order valence-electron chi connectivity index (χ0n) is 16.0. The van der Waals surface area contributed by atoms with Gasteiger partial charge in [-0.3, -0.25) is 4.90 Å². The zero-order chi connectivity index (χ0) is 17.9. The molecule has 0 N–H and O–H groups in total. The second-order valence-corrected chi connectivity index (χ2v) is 8.07. The quantitative estimate of drug-likeness (QED) is 0.825. The molecule has 1 aromatic heterocycles. The highest BCUT2D eigenvalue weighted by Gasteiger charge is 2.26. The molecule has 1 saturated heterocycles. The maximum absolute atomic E-state index is 5.83. The number of rotatable bonds is 5. The number of hydrogen-bond donors (Lipinski definition) is 0. The van der Waals surface area contributed by atoms with Gasteiger partial charge in [0.15, 0.2) is 5.82 Å². The van der Waals surface area contributed by atoms with Gasteiger partial charge in [0.25, 0.3) is 0 Å². The van der Waals surface area contributed by atoms with Crippen molar-refractivity contribution in [2.75, 3.05) is 19.7 Å². The first-order valence-corrected chi connectivity index (χ1v) is 10.0. The first-order valence-electron chi connectivity index (χ1n) is 10.0. The summed E-state index contributed by atoms with van der Waals surface area (Å²) in [6.45, 7) is 9.45. The van der Waals surface area contributed by atoms with Gasteiger partial charge in [0.2, 0.25) is 0 Å². The highest BCUT2D eigenvalue weighted by Crippen LogP contribution is 2.28. The van der Waals surface area contributed by atoms with Crippen molar-refractivity contribution in [2.45, 2.75) is 58.7 Å². The molecule has 2 aromatic rings. The molecule has 140 valence electrons. The molecule has 1 fully saturated rings. The number of ether oxygens (including phenoxy) is 1. The molecule has 2 aliphatic heterocycles. The van der Waals surface area contributed by atoms with Gasteiger partial charge in [-0.2, -0.15) is 0 Å². The van der Waals surface area contributed by atoms with Crippen LogP contribution in [0.1, 0.15) is 55.6 Å². The van der Waals surface area contributed by atoms with E-state index in [4.69, 9.17) is 4.74 Å². The third-order valence-corrected chi connectivity index (χ3v) is 5.44. The van der Waals surface area contributed by atoms with Crippen LogP contribution in [-0.2, 0) is 30.7 Å². The normalized spacial score (nSPS) is 21.1. The van der Waals surface area contributed by atoms with Crippen molar-refractivity contribution in [1.29, 1.82) is 0 Å². The number of aromatic nitrogens is 3. The summed E-state index contributed by atoms with van der Waals surface area (Å²) in [5.41, 5.74) is 2.83. The smallest absolute Gasteiger partial charge is 0.162 e. The van der Waals surface area contributed by atoms with Crippen molar-refractivity contribution in [3.05, 3.63) is 47.0 Å². The van der Waals surface area contributed by atoms with Gasteiger partial charge >= 0.3 is 0 Å². The van der Waals surface area contributed by atoms with Crippen LogP contribution in [0, 0.1) is 5.92 Å². The summed E-state index contributed by atoms with van der Waals surface area (Å²) in [6.07, 6.45) is 4.47. The van der Waals surface area contributed by atoms with Crippen molar-refractivity contribution in [2.24, 2.45) is 5.92 Å². The Morgan fingerprint density at radius 2 is 1.88 bits per heavy atom. The van der Waals surface area contributed by atoms with Crippen molar-refractivity contribution in [1.82, 2.24) is 19.7 Å². The molecule has 26 heavy (non-hydrogen) atoms. The first kappa shape index (κ1) is 17.7. The van der Waals surface area contributed by atoms with Gasteiger partial charge in [-0.25, -0.2) is 0 Å². The van der Waals surface area contributed by atoms with E-state index in [-0.39, 0.29) is 6.10 Å². The average Bonchev–Trinajstić information content (AvgIpc) is 3.24. The van der Waals surface area contributed by atoms with Crippen molar-refractivity contribution < 1.29 is 4.74 Å². The Bertz CT molecular complexity index is 716. The van der Waals surface area contributed by atoms with Crippen LogP contribution in [0.5, 0.6) is 0 Å². The second kappa shape index (κ2) is 7.89. The minimum atomic E-state index is 0.149. The third kappa shape index (κ3) is 3.99. The van der Waals surface area contributed by atoms with Crippen molar-refractivity contribution >= 4 is 0 Å². The molecule has 0 unspecified atom stereocenters. The van der Waals surface area contributed by atoms with Gasteiger partial charge in [0.1, 0.15) is 11.9 Å². The molecule has 5 heteroatoms. The van der Waals surface area contributed by atoms with Gasteiger partial charge in [-0.1, -0.05) is 38.1 Å². The van der Waals surface area contributed by atoms with Crippen LogP contribution in [0.15, 0.2) is 24.3 Å². The van der Waals surface area contributed by atoms with E-state index in [0.717, 1.165) is 70.1 Å². The minimum Gasteiger partial charge on any atom is -0.370 e. The minimum absolute atomic E-state index is 0.149. The Balaban J connectivity index is 1.38. The largest absolute Gasteiger partial charge is 0.370 e. The molecule has 1 aromatic carbocycles. The first-order chi connectivity index (χ1) is 12.7. The Morgan fingerprint density at radius 3 is 2.62 bits per heavy atom. The summed E-state index contributed by atoms with van der Waals surface area (Å²) < 4.78 is 8.14. The van der Waals surface area contributed by atoms with Crippen molar-refractivity contribution in [3.63, 3.8) is 0 Å². The van der Waals surface area contributed by atoms with E-state index in [0.29, 0.717) is 5.92 Å². The van der Waals surface area contributed by atoms with Gasteiger partial charge < -0.3 is 9.30 Å². The maximum atomic E-state index is 5.83. The molecule has 2 aliphatic rings. The van der Waals surface area contributed by atoms with E-state index in [1.54, 1.807) is 0 Å². The van der Waals surface area contributed by atoms with Crippen molar-refractivity contribution in [3.8, 4) is 0 Å². The molecule has 1 atom stereocenters. The molecule has 4 rings (SSSR count). The number of fused-ring (bicyclic) bond motifs is 1. The van der Waals surface area contributed by atoms with Gasteiger partial charge in [-0.05, 0) is 36.3 Å². The molecule has 0 amide bonds. The topological polar surface area (TPSA) is 43.2 Å². The van der Waals surface area contributed by atoms with Crippen LogP contribution >= 0.6 is 0 Å². The molecule has 0 bridgehead atoms. The highest BCUT2D eigenvalue weighted by molar-refractivity contribution is 5.23. The van der Waals surface area contributed by atoms with E-state index in [2.05, 4.69) is 57.8 Å². The number of nitrogens with zero attached hydrogens (tertiary/aromatic N) is 4. The Labute approximate surface area is 156 Å². The zero-order valence-corrected chi connectivity index (χ0v) is 16.0. The lowest BCUT2D eigenvalue weighted by molar-refractivity contribution is 0.101. The fourth-order valence-corrected chi connectivity index (χ4v) is 4.08. The van der Waals surface area contributed by atoms with Crippen LogP contribution in [0.2, 0.25) is 0 Å². The predicted octanol–water partition coefficient (Wildman–Crippen LogP) is 3.39. The Morgan fingerprint density at radius 1 is 1.08 bits per heavy atom. The molecule has 0 saturated carbocycles. The fourth-order valence-electron chi connectivity index (χ4n) is 4.08. The number of benzene rings is 1. The predicted molar refractivity (Wildman–Crippen MR) is 102 cm³/mol. The molecule has 0 radical (unpaired) electrons. The SMILES string of the molecule is CC(C)Cc1ccc(CN2CCc3nnc([C@H]4CCCO4)n3CC2)cc1. The highest BCUT2D eigenvalue weighted by atomic mass is 16.5. The average molecular weight is 354 g/mol. The lowest BCUT2D eigenvalue weighted by atomic mass is 10.0. The standard InChI is InChI=1S/C21H30N4O/c1-16(2)14-17-5-7-18(8-6-17)15-24-10-9-20-22-23-21(25(20)12-11-24)19-4-3-13-26-19/h5-8,16,19H,3-4,9-15H2,1-2H3/t19-/m1/s1. The molecule has 3 heterocycles. The van der Waals surface area contributed by atoms with Crippen LogP contribution in [-0.4, -0.2) is 39.4 Å². The van der Waals surface area contributed by atoms with Crippen LogP contribution in [0.25, 0.3) is 0 Å². The van der Waals surface area contributed by atoms with E-state index in [1.807, 2.05) is 0 Å². The van der Waals surface area contributed by atoms with Gasteiger partial charge in [0.05, 0.1) is 0 Å². The van der Waals surface area contributed by atoms with Gasteiger partial charge in [0, 0.05) is 39.2 Å². The summed E-state index contributed by atoms with van der Waals surface area (Å²) >= 11 is 0. The Kier molecular flexibility index (Phi) is 5.36. The van der Waals surface area contributed by atoms with Crippen LogP contribution < -0.4 is 0 Å². The van der Waals surface area contributed by atoms with Crippen LogP contribution in [0.4, 0.5) is 0 Å². The van der Waals surface area contributed by atoms with E-state index in [1.165, 1.54) is 11.1 Å². The van der Waals surface area contributed by atoms with E-state index >= 15 is 0 Å². The van der Waals surface area contributed by atoms with Gasteiger partial charge in [-0.15, -0.1) is 10.2 Å². The molecule has 0 spiro atoms. The lowest BCUT2D eigenvalue weighted by Crippen LogP contribution is -2.27. The monoisotopic (exact) mass is 354 g/mol. The summed E-state index contributed by atoms with van der Waals surface area (Å²) in [7, 11) is 0. The number of hydrogen-bond acceptors (Lipinski definition) is 4. The maximum Gasteiger partial charge on any atom is 0.162 e. The molecule has 5 nitrogen and oxygen atoms in total. The summed E-state index contributed by atoms with van der Waals surface area (Å²) in [5.74, 6) is 2.86. The van der Waals surface area contributed by atoms with E-state index in [9.17, 15) is 0 Å². The Hall–Kier alpha value is -1.72. The molecule has 0 aliphatic carbocycles. The summed E-state index contributed by atoms with van der Waals surface area (Å²) in [4.78, 5) is 2.53. The third-order valence-electron chi connectivity index (χ3n) is 5.44. The fraction of sp³-hybridized carbons (Fsp3) is 0.619. The van der Waals surface area contributed by atoms with E-state index < -0.39 is 0 Å². The summed E-state index contributed by atoms with van der Waals surface area (Å²) in [6, 6.07) is 9.16. The van der Waals surface area contributed by atoms with Crippen LogP contribution in [0.3, 0.4) is 0 Å². The lowest BCUT2D eigenvalue weighted by Gasteiger charge is -2.20. The molecular weight excluding hydrogens is 324 g/mol. The second-order valence-electron chi connectivity index (χ2n) is 8.07. The summed E-state index contributed by atoms with van der Waals surface area (Å²) in [5, 5.41) is 8.88. The molecular formula is C21H30N4O.